The lowest BCUT2D eigenvalue weighted by Crippen LogP contribution is -2.18. The summed E-state index contributed by atoms with van der Waals surface area (Å²) in [6.07, 6.45) is 1.34. The van der Waals surface area contributed by atoms with Crippen molar-refractivity contribution in [3.8, 4) is 0 Å². The molecule has 8 heteroatoms. The molecule has 0 aliphatic carbocycles. The van der Waals surface area contributed by atoms with Crippen molar-refractivity contribution >= 4 is 34.1 Å². The Balaban J connectivity index is 2.01. The van der Waals surface area contributed by atoms with Gasteiger partial charge in [-0.15, -0.1) is 0 Å². The van der Waals surface area contributed by atoms with Crippen LogP contribution in [0.4, 0.5) is 10.7 Å². The lowest BCUT2D eigenvalue weighted by molar-refractivity contribution is -0.380. The smallest absolute Gasteiger partial charge is 0.324 e. The van der Waals surface area contributed by atoms with Crippen LogP contribution in [-0.2, 0) is 0 Å². The normalized spacial score (nSPS) is 10.6. The maximum absolute atomic E-state index is 11.8. The van der Waals surface area contributed by atoms with Crippen molar-refractivity contribution in [1.82, 2.24) is 5.43 Å². The van der Waals surface area contributed by atoms with Crippen LogP contribution in [0.15, 0.2) is 41.5 Å². The van der Waals surface area contributed by atoms with Gasteiger partial charge in [-0.05, 0) is 18.2 Å². The zero-order chi connectivity index (χ0) is 14.5. The number of rotatable bonds is 4. The van der Waals surface area contributed by atoms with Crippen molar-refractivity contribution < 1.29 is 9.72 Å². The Morgan fingerprint density at radius 2 is 2.10 bits per heavy atom. The minimum absolute atomic E-state index is 0.0186. The van der Waals surface area contributed by atoms with Crippen LogP contribution in [0.2, 0.25) is 0 Å². The number of para-hydroxylation sites is 1. The highest BCUT2D eigenvalue weighted by Gasteiger charge is 2.09. The van der Waals surface area contributed by atoms with Crippen LogP contribution < -0.4 is 11.2 Å². The molecule has 1 heterocycles. The fraction of sp³-hybridized carbons (Fsp3) is 0. The van der Waals surface area contributed by atoms with Gasteiger partial charge >= 0.3 is 5.00 Å². The summed E-state index contributed by atoms with van der Waals surface area (Å²) in [7, 11) is 0. The van der Waals surface area contributed by atoms with E-state index in [0.29, 0.717) is 16.1 Å². The summed E-state index contributed by atoms with van der Waals surface area (Å²) < 4.78 is 0. The average Bonchev–Trinajstić information content (AvgIpc) is 2.88. The fourth-order valence-electron chi connectivity index (χ4n) is 1.43. The summed E-state index contributed by atoms with van der Waals surface area (Å²) in [5.41, 5.74) is 8.64. The number of hydrogen-bond acceptors (Lipinski definition) is 6. The second-order valence-corrected chi connectivity index (χ2v) is 4.81. The summed E-state index contributed by atoms with van der Waals surface area (Å²) >= 11 is 0.967. The van der Waals surface area contributed by atoms with Gasteiger partial charge in [0, 0.05) is 11.8 Å². The topological polar surface area (TPSA) is 111 Å². The molecule has 0 fully saturated rings. The molecule has 0 aliphatic rings. The Kier molecular flexibility index (Phi) is 4.06. The third-order valence-electron chi connectivity index (χ3n) is 2.36. The Hall–Kier alpha value is -2.74. The van der Waals surface area contributed by atoms with Crippen molar-refractivity contribution in [3.63, 3.8) is 0 Å². The summed E-state index contributed by atoms with van der Waals surface area (Å²) in [4.78, 5) is 22.4. The van der Waals surface area contributed by atoms with Crippen molar-refractivity contribution in [2.24, 2.45) is 5.10 Å². The van der Waals surface area contributed by atoms with E-state index in [2.05, 4.69) is 10.5 Å². The average molecular weight is 290 g/mol. The van der Waals surface area contributed by atoms with E-state index in [1.807, 2.05) is 0 Å². The second-order valence-electron chi connectivity index (χ2n) is 3.72. The molecule has 102 valence electrons. The molecule has 0 radical (unpaired) electrons. The molecule has 0 saturated heterocycles. The minimum Gasteiger partial charge on any atom is -0.398 e. The monoisotopic (exact) mass is 290 g/mol. The van der Waals surface area contributed by atoms with Gasteiger partial charge in [-0.25, -0.2) is 5.43 Å². The number of thiophene rings is 1. The molecule has 0 aliphatic heterocycles. The molecular formula is C12H10N4O3S. The summed E-state index contributed by atoms with van der Waals surface area (Å²) in [6.45, 7) is 0. The highest BCUT2D eigenvalue weighted by molar-refractivity contribution is 7.16. The molecule has 3 N–H and O–H groups in total. The molecule has 1 aromatic carbocycles. The fourth-order valence-corrected chi connectivity index (χ4v) is 2.12. The molecule has 0 bridgehead atoms. The van der Waals surface area contributed by atoms with Gasteiger partial charge in [-0.1, -0.05) is 23.5 Å². The van der Waals surface area contributed by atoms with Crippen molar-refractivity contribution in [2.75, 3.05) is 5.73 Å². The molecule has 1 aromatic heterocycles. The van der Waals surface area contributed by atoms with E-state index in [4.69, 9.17) is 5.73 Å². The number of carbonyl (C=O) groups is 1. The van der Waals surface area contributed by atoms with Crippen molar-refractivity contribution in [3.05, 3.63) is 57.0 Å². The van der Waals surface area contributed by atoms with Crippen LogP contribution in [0.3, 0.4) is 0 Å². The van der Waals surface area contributed by atoms with Gasteiger partial charge in [0.1, 0.15) is 0 Å². The lowest BCUT2D eigenvalue weighted by Gasteiger charge is -2.02. The lowest BCUT2D eigenvalue weighted by atomic mass is 10.2. The third-order valence-corrected chi connectivity index (χ3v) is 3.33. The first kappa shape index (κ1) is 13.7. The first-order valence-electron chi connectivity index (χ1n) is 5.50. The molecule has 0 unspecified atom stereocenters. The predicted molar refractivity (Wildman–Crippen MR) is 76.9 cm³/mol. The van der Waals surface area contributed by atoms with Gasteiger partial charge in [-0.2, -0.15) is 5.10 Å². The zero-order valence-corrected chi connectivity index (χ0v) is 11.0. The Morgan fingerprint density at radius 3 is 2.75 bits per heavy atom. The van der Waals surface area contributed by atoms with Crippen LogP contribution in [0.1, 0.15) is 15.2 Å². The van der Waals surface area contributed by atoms with Gasteiger partial charge < -0.3 is 5.73 Å². The van der Waals surface area contributed by atoms with Gasteiger partial charge in [0.2, 0.25) is 0 Å². The second kappa shape index (κ2) is 5.93. The number of carbonyl (C=O) groups excluding carboxylic acids is 1. The van der Waals surface area contributed by atoms with Crippen molar-refractivity contribution in [2.45, 2.75) is 0 Å². The first-order chi connectivity index (χ1) is 9.58. The molecule has 2 aromatic rings. The number of amides is 1. The van der Waals surface area contributed by atoms with Crippen LogP contribution >= 0.6 is 11.3 Å². The van der Waals surface area contributed by atoms with E-state index in [9.17, 15) is 14.9 Å². The number of nitrogen functional groups attached to an aromatic ring is 1. The van der Waals surface area contributed by atoms with Gasteiger partial charge in [0.25, 0.3) is 5.91 Å². The summed E-state index contributed by atoms with van der Waals surface area (Å²) in [6, 6.07) is 9.54. The van der Waals surface area contributed by atoms with Crippen LogP contribution in [0.25, 0.3) is 0 Å². The van der Waals surface area contributed by atoms with E-state index in [-0.39, 0.29) is 5.00 Å². The SMILES string of the molecule is Nc1ccccc1C(=O)N/N=C\c1ccc([N+](=O)[O-])s1. The molecule has 0 saturated carbocycles. The number of hydrogen-bond donors (Lipinski definition) is 2. The van der Waals surface area contributed by atoms with E-state index in [1.54, 1.807) is 30.3 Å². The third kappa shape index (κ3) is 3.18. The predicted octanol–water partition coefficient (Wildman–Crippen LogP) is 2.00. The Morgan fingerprint density at radius 1 is 1.35 bits per heavy atom. The number of hydrazone groups is 1. The highest BCUT2D eigenvalue weighted by atomic mass is 32.1. The quantitative estimate of drug-likeness (QED) is 0.388. The van der Waals surface area contributed by atoms with E-state index < -0.39 is 10.8 Å². The summed E-state index contributed by atoms with van der Waals surface area (Å²) in [5.74, 6) is -0.439. The standard InChI is InChI=1S/C12H10N4O3S/c13-10-4-2-1-3-9(10)12(17)15-14-7-8-5-6-11(20-8)16(18)19/h1-7H,13H2,(H,15,17)/b14-7-. The van der Waals surface area contributed by atoms with Crippen LogP contribution in [0.5, 0.6) is 0 Å². The Labute approximate surface area is 117 Å². The molecular weight excluding hydrogens is 280 g/mol. The number of nitrogens with one attached hydrogen (secondary N) is 1. The molecule has 0 atom stereocenters. The maximum Gasteiger partial charge on any atom is 0.324 e. The number of benzene rings is 1. The highest BCUT2D eigenvalue weighted by Crippen LogP contribution is 2.22. The van der Waals surface area contributed by atoms with Gasteiger partial charge in [0.15, 0.2) is 0 Å². The number of nitrogens with two attached hydrogens (primary N) is 1. The molecule has 20 heavy (non-hydrogen) atoms. The molecule has 0 spiro atoms. The number of anilines is 1. The molecule has 2 rings (SSSR count). The molecule has 1 amide bonds. The summed E-state index contributed by atoms with van der Waals surface area (Å²) in [5, 5.41) is 14.3. The van der Waals surface area contributed by atoms with E-state index in [0.717, 1.165) is 11.3 Å². The largest absolute Gasteiger partial charge is 0.398 e. The molecule has 7 nitrogen and oxygen atoms in total. The van der Waals surface area contributed by atoms with E-state index >= 15 is 0 Å². The first-order valence-corrected chi connectivity index (χ1v) is 6.31. The van der Waals surface area contributed by atoms with Crippen molar-refractivity contribution in [1.29, 1.82) is 0 Å². The van der Waals surface area contributed by atoms with Crippen LogP contribution in [0, 0.1) is 10.1 Å². The van der Waals surface area contributed by atoms with Gasteiger partial charge in [0.05, 0.1) is 21.6 Å². The maximum atomic E-state index is 11.8. The minimum atomic E-state index is -0.481. The van der Waals surface area contributed by atoms with Gasteiger partial charge in [-0.3, -0.25) is 14.9 Å². The zero-order valence-electron chi connectivity index (χ0n) is 10.1. The van der Waals surface area contributed by atoms with Crippen LogP contribution in [-0.4, -0.2) is 17.0 Å². The Bertz CT molecular complexity index is 681. The number of nitro groups is 1. The van der Waals surface area contributed by atoms with E-state index in [1.165, 1.54) is 12.3 Å². The number of nitrogens with zero attached hydrogens (tertiary/aromatic N) is 2.